The largest absolute Gasteiger partial charge is 0.493 e. The van der Waals surface area contributed by atoms with Gasteiger partial charge in [0.15, 0.2) is 23.0 Å². The normalized spacial score (nSPS) is 10.8. The van der Waals surface area contributed by atoms with Crippen LogP contribution in [0.25, 0.3) is 28.2 Å². The quantitative estimate of drug-likeness (QED) is 0.278. The van der Waals surface area contributed by atoms with Crippen LogP contribution in [-0.2, 0) is 0 Å². The number of methoxy groups -OCH3 is 4. The standard InChI is InChI=1S/C26H24Cl2N2O4/c1-15-25(16-6-8-21(31-2)23(10-16)33-4)29-30(20-13-18(27)12-19(28)14-20)26(15)17-7-9-22(32-3)24(11-17)34-5/h6-14H,1-5H3. The fourth-order valence-corrected chi connectivity index (χ4v) is 4.44. The van der Waals surface area contributed by atoms with Crippen LogP contribution in [0.3, 0.4) is 0 Å². The van der Waals surface area contributed by atoms with Crippen molar-refractivity contribution in [1.82, 2.24) is 9.78 Å². The van der Waals surface area contributed by atoms with Gasteiger partial charge in [0, 0.05) is 26.7 Å². The summed E-state index contributed by atoms with van der Waals surface area (Å²) < 4.78 is 23.7. The number of hydrogen-bond donors (Lipinski definition) is 0. The van der Waals surface area contributed by atoms with E-state index in [4.69, 9.17) is 47.2 Å². The highest BCUT2D eigenvalue weighted by atomic mass is 35.5. The lowest BCUT2D eigenvalue weighted by Gasteiger charge is -2.13. The maximum absolute atomic E-state index is 6.33. The first-order valence-corrected chi connectivity index (χ1v) is 11.2. The number of hydrogen-bond acceptors (Lipinski definition) is 5. The van der Waals surface area contributed by atoms with Gasteiger partial charge in [0.1, 0.15) is 0 Å². The molecule has 4 aromatic rings. The van der Waals surface area contributed by atoms with Crippen LogP contribution in [0, 0.1) is 6.92 Å². The molecule has 0 N–H and O–H groups in total. The van der Waals surface area contributed by atoms with E-state index in [2.05, 4.69) is 0 Å². The molecule has 4 rings (SSSR count). The van der Waals surface area contributed by atoms with Gasteiger partial charge in [-0.15, -0.1) is 0 Å². The third-order valence-electron chi connectivity index (χ3n) is 5.53. The number of halogens is 2. The van der Waals surface area contributed by atoms with Crippen LogP contribution in [0.4, 0.5) is 0 Å². The molecule has 0 radical (unpaired) electrons. The molecule has 0 aliphatic rings. The minimum absolute atomic E-state index is 0.515. The zero-order valence-electron chi connectivity index (χ0n) is 19.5. The maximum Gasteiger partial charge on any atom is 0.161 e. The van der Waals surface area contributed by atoms with Gasteiger partial charge in [0.2, 0.25) is 0 Å². The van der Waals surface area contributed by atoms with Crippen molar-refractivity contribution < 1.29 is 18.9 Å². The summed E-state index contributed by atoms with van der Waals surface area (Å²) in [6.07, 6.45) is 0. The Hall–Kier alpha value is -3.35. The zero-order valence-corrected chi connectivity index (χ0v) is 21.0. The van der Waals surface area contributed by atoms with Gasteiger partial charge in [-0.05, 0) is 61.5 Å². The topological polar surface area (TPSA) is 54.7 Å². The van der Waals surface area contributed by atoms with Crippen LogP contribution in [0.1, 0.15) is 5.56 Å². The predicted molar refractivity (Wildman–Crippen MR) is 135 cm³/mol. The molecule has 0 amide bonds. The van der Waals surface area contributed by atoms with Crippen molar-refractivity contribution in [2.24, 2.45) is 0 Å². The lowest BCUT2D eigenvalue weighted by atomic mass is 10.0. The second kappa shape index (κ2) is 9.87. The van der Waals surface area contributed by atoms with Gasteiger partial charge in [0.05, 0.1) is 45.5 Å². The van der Waals surface area contributed by atoms with Crippen LogP contribution < -0.4 is 18.9 Å². The van der Waals surface area contributed by atoms with Crippen molar-refractivity contribution in [3.8, 4) is 51.2 Å². The van der Waals surface area contributed by atoms with Crippen molar-refractivity contribution in [2.75, 3.05) is 28.4 Å². The van der Waals surface area contributed by atoms with Crippen molar-refractivity contribution in [3.63, 3.8) is 0 Å². The Morgan fingerprint density at radius 1 is 0.647 bits per heavy atom. The molecule has 0 unspecified atom stereocenters. The van der Waals surface area contributed by atoms with Gasteiger partial charge in [0.25, 0.3) is 0 Å². The van der Waals surface area contributed by atoms with Crippen LogP contribution >= 0.6 is 23.2 Å². The Morgan fingerprint density at radius 3 is 1.68 bits per heavy atom. The number of nitrogens with zero attached hydrogens (tertiary/aromatic N) is 2. The first-order chi connectivity index (χ1) is 16.4. The number of benzene rings is 3. The SMILES string of the molecule is COc1ccc(-c2nn(-c3cc(Cl)cc(Cl)c3)c(-c3ccc(OC)c(OC)c3)c2C)cc1OC. The average Bonchev–Trinajstić information content (AvgIpc) is 3.19. The Morgan fingerprint density at radius 2 is 1.15 bits per heavy atom. The zero-order chi connectivity index (χ0) is 24.4. The first kappa shape index (κ1) is 23.8. The van der Waals surface area contributed by atoms with E-state index >= 15 is 0 Å². The Kier molecular flexibility index (Phi) is 6.91. The molecule has 0 atom stereocenters. The molecule has 1 aromatic heterocycles. The van der Waals surface area contributed by atoms with Crippen molar-refractivity contribution in [1.29, 1.82) is 0 Å². The summed E-state index contributed by atoms with van der Waals surface area (Å²) in [4.78, 5) is 0. The molecule has 0 saturated carbocycles. The fraction of sp³-hybridized carbons (Fsp3) is 0.192. The Labute approximate surface area is 208 Å². The smallest absolute Gasteiger partial charge is 0.161 e. The van der Waals surface area contributed by atoms with Gasteiger partial charge < -0.3 is 18.9 Å². The minimum atomic E-state index is 0.515. The molecular weight excluding hydrogens is 475 g/mol. The summed E-state index contributed by atoms with van der Waals surface area (Å²) in [5.41, 5.74) is 5.10. The third-order valence-corrected chi connectivity index (χ3v) is 5.96. The summed E-state index contributed by atoms with van der Waals surface area (Å²) in [7, 11) is 6.43. The van der Waals surface area contributed by atoms with Gasteiger partial charge in [-0.25, -0.2) is 4.68 Å². The highest BCUT2D eigenvalue weighted by Gasteiger charge is 2.21. The molecule has 34 heavy (non-hydrogen) atoms. The highest BCUT2D eigenvalue weighted by molar-refractivity contribution is 6.34. The fourth-order valence-electron chi connectivity index (χ4n) is 3.92. The van der Waals surface area contributed by atoms with Gasteiger partial charge in [-0.3, -0.25) is 0 Å². The summed E-state index contributed by atoms with van der Waals surface area (Å²) in [5.74, 6) is 2.52. The molecule has 176 valence electrons. The predicted octanol–water partition coefficient (Wildman–Crippen LogP) is 6.86. The second-order valence-electron chi connectivity index (χ2n) is 7.50. The van der Waals surface area contributed by atoms with Crippen LogP contribution in [0.2, 0.25) is 10.0 Å². The molecule has 0 fully saturated rings. The van der Waals surface area contributed by atoms with E-state index in [0.717, 1.165) is 33.8 Å². The monoisotopic (exact) mass is 498 g/mol. The lowest BCUT2D eigenvalue weighted by Crippen LogP contribution is -2.00. The molecular formula is C26H24Cl2N2O4. The average molecular weight is 499 g/mol. The first-order valence-electron chi connectivity index (χ1n) is 10.4. The maximum atomic E-state index is 6.33. The van der Waals surface area contributed by atoms with Crippen LogP contribution in [-0.4, -0.2) is 38.2 Å². The lowest BCUT2D eigenvalue weighted by molar-refractivity contribution is 0.355. The molecule has 1 heterocycles. The summed E-state index contributed by atoms with van der Waals surface area (Å²) in [6, 6.07) is 16.8. The van der Waals surface area contributed by atoms with Crippen molar-refractivity contribution in [2.45, 2.75) is 6.92 Å². The molecule has 0 spiro atoms. The summed E-state index contributed by atoms with van der Waals surface area (Å²) in [5, 5.41) is 6.00. The molecule has 0 aliphatic carbocycles. The van der Waals surface area contributed by atoms with E-state index in [9.17, 15) is 0 Å². The van der Waals surface area contributed by atoms with Gasteiger partial charge in [-0.2, -0.15) is 5.10 Å². The van der Waals surface area contributed by atoms with Crippen molar-refractivity contribution >= 4 is 23.2 Å². The summed E-state index contributed by atoms with van der Waals surface area (Å²) >= 11 is 12.7. The van der Waals surface area contributed by atoms with E-state index in [1.807, 2.05) is 60.1 Å². The number of ether oxygens (including phenoxy) is 4. The second-order valence-corrected chi connectivity index (χ2v) is 8.37. The molecule has 8 heteroatoms. The molecule has 3 aromatic carbocycles. The highest BCUT2D eigenvalue weighted by Crippen LogP contribution is 2.40. The van der Waals surface area contributed by atoms with Gasteiger partial charge in [-0.1, -0.05) is 23.2 Å². The minimum Gasteiger partial charge on any atom is -0.493 e. The van der Waals surface area contributed by atoms with Gasteiger partial charge >= 0.3 is 0 Å². The molecule has 0 saturated heterocycles. The van der Waals surface area contributed by atoms with E-state index in [0.29, 0.717) is 33.0 Å². The van der Waals surface area contributed by atoms with E-state index < -0.39 is 0 Å². The Balaban J connectivity index is 1.99. The third kappa shape index (κ3) is 4.39. The summed E-state index contributed by atoms with van der Waals surface area (Å²) in [6.45, 7) is 2.02. The number of aromatic nitrogens is 2. The van der Waals surface area contributed by atoms with E-state index in [1.165, 1.54) is 0 Å². The molecule has 0 aliphatic heterocycles. The van der Waals surface area contributed by atoms with Crippen LogP contribution in [0.15, 0.2) is 54.6 Å². The van der Waals surface area contributed by atoms with E-state index in [-0.39, 0.29) is 0 Å². The van der Waals surface area contributed by atoms with Crippen molar-refractivity contribution in [3.05, 3.63) is 70.2 Å². The molecule has 6 nitrogen and oxygen atoms in total. The number of rotatable bonds is 7. The Bertz CT molecular complexity index is 1330. The van der Waals surface area contributed by atoms with Crippen LogP contribution in [0.5, 0.6) is 23.0 Å². The molecule has 0 bridgehead atoms. The van der Waals surface area contributed by atoms with E-state index in [1.54, 1.807) is 34.5 Å².